The van der Waals surface area contributed by atoms with Gasteiger partial charge in [-0.1, -0.05) is 19.1 Å². The van der Waals surface area contributed by atoms with Crippen LogP contribution in [0.2, 0.25) is 0 Å². The SMILES string of the molecule is CC1CCN(C(=O)COc2ccccc2C=NNC(N)=S)CC1. The Labute approximate surface area is 141 Å². The topological polar surface area (TPSA) is 80.0 Å². The lowest BCUT2D eigenvalue weighted by atomic mass is 9.99. The molecule has 7 heteroatoms. The Bertz CT molecular complexity index is 583. The van der Waals surface area contributed by atoms with E-state index in [2.05, 4.69) is 29.7 Å². The quantitative estimate of drug-likeness (QED) is 0.484. The summed E-state index contributed by atoms with van der Waals surface area (Å²) < 4.78 is 5.66. The molecule has 0 spiro atoms. The molecule has 1 aromatic rings. The molecule has 0 aromatic heterocycles. The monoisotopic (exact) mass is 334 g/mol. The fourth-order valence-corrected chi connectivity index (χ4v) is 2.43. The van der Waals surface area contributed by atoms with E-state index < -0.39 is 0 Å². The Morgan fingerprint density at radius 2 is 2.17 bits per heavy atom. The summed E-state index contributed by atoms with van der Waals surface area (Å²) in [5.74, 6) is 1.31. The van der Waals surface area contributed by atoms with Gasteiger partial charge >= 0.3 is 0 Å². The van der Waals surface area contributed by atoms with E-state index in [0.717, 1.165) is 31.5 Å². The lowest BCUT2D eigenvalue weighted by Crippen LogP contribution is -2.40. The number of hydrazone groups is 1. The van der Waals surface area contributed by atoms with Gasteiger partial charge in [-0.15, -0.1) is 0 Å². The van der Waals surface area contributed by atoms with Crippen LogP contribution in [0.5, 0.6) is 5.75 Å². The van der Waals surface area contributed by atoms with Crippen molar-refractivity contribution in [3.63, 3.8) is 0 Å². The molecule has 1 fully saturated rings. The number of nitrogens with zero attached hydrogens (tertiary/aromatic N) is 2. The molecule has 3 N–H and O–H groups in total. The Hall–Kier alpha value is -2.15. The zero-order valence-electron chi connectivity index (χ0n) is 13.2. The van der Waals surface area contributed by atoms with Gasteiger partial charge in [0.05, 0.1) is 6.21 Å². The molecule has 124 valence electrons. The van der Waals surface area contributed by atoms with Crippen molar-refractivity contribution in [2.24, 2.45) is 16.8 Å². The van der Waals surface area contributed by atoms with Gasteiger partial charge in [-0.2, -0.15) is 5.10 Å². The zero-order chi connectivity index (χ0) is 16.7. The number of carbonyl (C=O) groups is 1. The second kappa shape index (κ2) is 8.47. The third kappa shape index (κ3) is 5.52. The van der Waals surface area contributed by atoms with E-state index in [0.29, 0.717) is 11.7 Å². The van der Waals surface area contributed by atoms with Crippen LogP contribution in [0.25, 0.3) is 0 Å². The van der Waals surface area contributed by atoms with E-state index in [1.807, 2.05) is 23.1 Å². The maximum Gasteiger partial charge on any atom is 0.260 e. The van der Waals surface area contributed by atoms with Crippen molar-refractivity contribution in [3.8, 4) is 5.75 Å². The van der Waals surface area contributed by atoms with Gasteiger partial charge in [0.1, 0.15) is 5.75 Å². The van der Waals surface area contributed by atoms with Gasteiger partial charge in [0.2, 0.25) is 0 Å². The molecule has 0 radical (unpaired) electrons. The second-order valence-corrected chi connectivity index (χ2v) is 6.06. The fourth-order valence-electron chi connectivity index (χ4n) is 2.37. The van der Waals surface area contributed by atoms with Crippen LogP contribution in [0.3, 0.4) is 0 Å². The average Bonchev–Trinajstić information content (AvgIpc) is 2.54. The van der Waals surface area contributed by atoms with Crippen molar-refractivity contribution in [1.82, 2.24) is 10.3 Å². The summed E-state index contributed by atoms with van der Waals surface area (Å²) in [7, 11) is 0. The number of rotatable bonds is 5. The molecule has 1 heterocycles. The molecular weight excluding hydrogens is 312 g/mol. The normalized spacial score (nSPS) is 15.6. The molecule has 0 bridgehead atoms. The summed E-state index contributed by atoms with van der Waals surface area (Å²) in [5.41, 5.74) is 8.55. The van der Waals surface area contributed by atoms with Gasteiger partial charge in [-0.25, -0.2) is 0 Å². The number of likely N-dealkylation sites (tertiary alicyclic amines) is 1. The third-order valence-electron chi connectivity index (χ3n) is 3.78. The van der Waals surface area contributed by atoms with Crippen LogP contribution >= 0.6 is 12.2 Å². The smallest absolute Gasteiger partial charge is 0.260 e. The minimum Gasteiger partial charge on any atom is -0.483 e. The molecule has 0 aliphatic carbocycles. The van der Waals surface area contributed by atoms with Crippen LogP contribution < -0.4 is 15.9 Å². The standard InChI is InChI=1S/C16H22N4O2S/c1-12-6-8-20(9-7-12)15(21)11-22-14-5-3-2-4-13(14)10-18-19-16(17)23/h2-5,10,12H,6-9,11H2,1H3,(H3,17,19,23). The summed E-state index contributed by atoms with van der Waals surface area (Å²) in [4.78, 5) is 14.1. The molecule has 0 atom stereocenters. The van der Waals surface area contributed by atoms with Gasteiger partial charge < -0.3 is 15.4 Å². The van der Waals surface area contributed by atoms with Gasteiger partial charge in [-0.3, -0.25) is 10.2 Å². The first-order chi connectivity index (χ1) is 11.1. The Balaban J connectivity index is 1.91. The van der Waals surface area contributed by atoms with Gasteiger partial charge in [-0.05, 0) is 43.1 Å². The number of para-hydroxylation sites is 1. The second-order valence-electron chi connectivity index (χ2n) is 5.62. The van der Waals surface area contributed by atoms with E-state index in [-0.39, 0.29) is 17.6 Å². The summed E-state index contributed by atoms with van der Waals surface area (Å²) in [5, 5.41) is 4.00. The van der Waals surface area contributed by atoms with E-state index in [1.165, 1.54) is 0 Å². The summed E-state index contributed by atoms with van der Waals surface area (Å²) >= 11 is 4.68. The molecule has 0 saturated carbocycles. The predicted octanol–water partition coefficient (Wildman–Crippen LogP) is 1.49. The first-order valence-electron chi connectivity index (χ1n) is 7.64. The van der Waals surface area contributed by atoms with Crippen molar-refractivity contribution in [2.45, 2.75) is 19.8 Å². The highest BCUT2D eigenvalue weighted by Crippen LogP contribution is 2.18. The van der Waals surface area contributed by atoms with Gasteiger partial charge in [0.15, 0.2) is 11.7 Å². The van der Waals surface area contributed by atoms with E-state index in [4.69, 9.17) is 10.5 Å². The average molecular weight is 334 g/mol. The lowest BCUT2D eigenvalue weighted by molar-refractivity contribution is -0.134. The predicted molar refractivity (Wildman–Crippen MR) is 94.4 cm³/mol. The van der Waals surface area contributed by atoms with E-state index in [9.17, 15) is 4.79 Å². The molecule has 1 amide bonds. The summed E-state index contributed by atoms with van der Waals surface area (Å²) in [6.07, 6.45) is 3.67. The lowest BCUT2D eigenvalue weighted by Gasteiger charge is -2.30. The fraction of sp³-hybridized carbons (Fsp3) is 0.438. The van der Waals surface area contributed by atoms with Crippen LogP contribution in [0.15, 0.2) is 29.4 Å². The van der Waals surface area contributed by atoms with Gasteiger partial charge in [0, 0.05) is 18.7 Å². The molecule has 6 nitrogen and oxygen atoms in total. The number of nitrogens with two attached hydrogens (primary N) is 1. The molecule has 1 aromatic carbocycles. The molecule has 2 rings (SSSR count). The van der Waals surface area contributed by atoms with Crippen LogP contribution in [0.1, 0.15) is 25.3 Å². The first kappa shape index (κ1) is 17.2. The van der Waals surface area contributed by atoms with E-state index >= 15 is 0 Å². The Morgan fingerprint density at radius 3 is 2.87 bits per heavy atom. The third-order valence-corrected chi connectivity index (χ3v) is 3.88. The largest absolute Gasteiger partial charge is 0.483 e. The zero-order valence-corrected chi connectivity index (χ0v) is 14.0. The Morgan fingerprint density at radius 1 is 1.48 bits per heavy atom. The highest BCUT2D eigenvalue weighted by Gasteiger charge is 2.20. The van der Waals surface area contributed by atoms with Crippen molar-refractivity contribution in [3.05, 3.63) is 29.8 Å². The van der Waals surface area contributed by atoms with Crippen molar-refractivity contribution < 1.29 is 9.53 Å². The maximum absolute atomic E-state index is 12.2. The molecular formula is C16H22N4O2S. The number of hydrogen-bond donors (Lipinski definition) is 2. The van der Waals surface area contributed by atoms with Crippen LogP contribution in [0, 0.1) is 5.92 Å². The van der Waals surface area contributed by atoms with Crippen LogP contribution in [0.4, 0.5) is 0 Å². The number of piperidine rings is 1. The molecule has 1 saturated heterocycles. The highest BCUT2D eigenvalue weighted by atomic mass is 32.1. The van der Waals surface area contributed by atoms with Crippen molar-refractivity contribution >= 4 is 29.5 Å². The van der Waals surface area contributed by atoms with Crippen LogP contribution in [-0.2, 0) is 4.79 Å². The van der Waals surface area contributed by atoms with Crippen molar-refractivity contribution in [1.29, 1.82) is 0 Å². The number of amides is 1. The summed E-state index contributed by atoms with van der Waals surface area (Å²) in [6.45, 7) is 3.87. The minimum atomic E-state index is 0.0184. The van der Waals surface area contributed by atoms with Crippen LogP contribution in [-0.4, -0.2) is 41.8 Å². The minimum absolute atomic E-state index is 0.0184. The first-order valence-corrected chi connectivity index (χ1v) is 8.05. The number of benzene rings is 1. The number of carbonyl (C=O) groups excluding carboxylic acids is 1. The number of ether oxygens (including phenoxy) is 1. The summed E-state index contributed by atoms with van der Waals surface area (Å²) in [6, 6.07) is 7.35. The molecule has 0 unspecified atom stereocenters. The maximum atomic E-state index is 12.2. The number of hydrogen-bond acceptors (Lipinski definition) is 4. The molecule has 23 heavy (non-hydrogen) atoms. The van der Waals surface area contributed by atoms with Gasteiger partial charge in [0.25, 0.3) is 5.91 Å². The number of nitrogens with one attached hydrogen (secondary N) is 1. The van der Waals surface area contributed by atoms with Crippen molar-refractivity contribution in [2.75, 3.05) is 19.7 Å². The molecule has 1 aliphatic heterocycles. The molecule has 1 aliphatic rings. The highest BCUT2D eigenvalue weighted by molar-refractivity contribution is 7.80. The Kier molecular flexibility index (Phi) is 6.34. The number of thiocarbonyl (C=S) groups is 1. The van der Waals surface area contributed by atoms with E-state index in [1.54, 1.807) is 12.3 Å².